The fourth-order valence-electron chi connectivity index (χ4n) is 4.95. The van der Waals surface area contributed by atoms with Gasteiger partial charge in [0, 0.05) is 76.2 Å². The summed E-state index contributed by atoms with van der Waals surface area (Å²) in [7, 11) is 0. The summed E-state index contributed by atoms with van der Waals surface area (Å²) in [5.74, 6) is 1.79. The molecule has 1 aromatic heterocycles. The van der Waals surface area contributed by atoms with Gasteiger partial charge < -0.3 is 19.3 Å². The highest BCUT2D eigenvalue weighted by atomic mass is 16.2. The van der Waals surface area contributed by atoms with Crippen LogP contribution in [0.1, 0.15) is 44.5 Å². The Labute approximate surface area is 191 Å². The number of piperidine rings is 1. The number of carbonyl (C=O) groups excluding carboxylic acids is 2. The number of carbonyl (C=O) groups is 2. The molecule has 4 rings (SSSR count). The number of amides is 2. The van der Waals surface area contributed by atoms with E-state index in [1.54, 1.807) is 6.20 Å². The van der Waals surface area contributed by atoms with Gasteiger partial charge in [0.05, 0.1) is 0 Å². The molecule has 7 heteroatoms. The molecule has 2 fully saturated rings. The van der Waals surface area contributed by atoms with Crippen molar-refractivity contribution >= 4 is 17.5 Å². The average Bonchev–Trinajstić information content (AvgIpc) is 3.26. The number of nitrogens with zero attached hydrogens (tertiary/aromatic N) is 5. The minimum Gasteiger partial charge on any atom is -0.368 e. The van der Waals surface area contributed by atoms with Gasteiger partial charge in [-0.25, -0.2) is 4.98 Å². The van der Waals surface area contributed by atoms with E-state index in [1.807, 2.05) is 29.0 Å². The monoisotopic (exact) mass is 437 g/mol. The van der Waals surface area contributed by atoms with Crippen LogP contribution >= 0.6 is 0 Å². The van der Waals surface area contributed by atoms with Gasteiger partial charge in [0.2, 0.25) is 11.8 Å². The maximum Gasteiger partial charge on any atom is 0.224 e. The minimum absolute atomic E-state index is 0.110. The van der Waals surface area contributed by atoms with Gasteiger partial charge in [-0.3, -0.25) is 9.59 Å². The standard InChI is InChI=1S/C25H35N5O2/c1-20(30-13-10-26-21(30)2)18-24(31)28-11-8-22(9-12-28)19-25(32)29-16-14-27(15-17-29)23-6-4-3-5-7-23/h3-7,10,13,20,22H,8-9,11-12,14-19H2,1-2H3. The van der Waals surface area contributed by atoms with Crippen LogP contribution in [0.15, 0.2) is 42.7 Å². The largest absolute Gasteiger partial charge is 0.368 e. The maximum atomic E-state index is 12.9. The summed E-state index contributed by atoms with van der Waals surface area (Å²) in [5.41, 5.74) is 1.23. The second kappa shape index (κ2) is 10.2. The number of aromatic nitrogens is 2. The molecule has 0 N–H and O–H groups in total. The van der Waals surface area contributed by atoms with Crippen LogP contribution in [0.2, 0.25) is 0 Å². The molecule has 7 nitrogen and oxygen atoms in total. The second-order valence-corrected chi connectivity index (χ2v) is 9.17. The fourth-order valence-corrected chi connectivity index (χ4v) is 4.95. The smallest absolute Gasteiger partial charge is 0.224 e. The van der Waals surface area contributed by atoms with E-state index in [0.29, 0.717) is 18.8 Å². The van der Waals surface area contributed by atoms with Gasteiger partial charge in [-0.05, 0) is 44.7 Å². The van der Waals surface area contributed by atoms with Gasteiger partial charge in [0.1, 0.15) is 5.82 Å². The molecule has 1 aromatic carbocycles. The summed E-state index contributed by atoms with van der Waals surface area (Å²) in [5, 5.41) is 0. The minimum atomic E-state index is 0.110. The van der Waals surface area contributed by atoms with Crippen LogP contribution in [-0.2, 0) is 9.59 Å². The van der Waals surface area contributed by atoms with Gasteiger partial charge in [0.15, 0.2) is 0 Å². The van der Waals surface area contributed by atoms with E-state index in [2.05, 4.69) is 45.6 Å². The molecule has 172 valence electrons. The number of hydrogen-bond donors (Lipinski definition) is 0. The lowest BCUT2D eigenvalue weighted by Gasteiger charge is -2.37. The molecule has 0 radical (unpaired) electrons. The summed E-state index contributed by atoms with van der Waals surface area (Å²) in [6.45, 7) is 8.89. The third-order valence-corrected chi connectivity index (χ3v) is 6.99. The number of piperazine rings is 1. The molecule has 32 heavy (non-hydrogen) atoms. The number of likely N-dealkylation sites (tertiary alicyclic amines) is 1. The van der Waals surface area contributed by atoms with Crippen molar-refractivity contribution in [2.24, 2.45) is 5.92 Å². The predicted molar refractivity (Wildman–Crippen MR) is 125 cm³/mol. The van der Waals surface area contributed by atoms with Crippen molar-refractivity contribution in [3.63, 3.8) is 0 Å². The first-order valence-corrected chi connectivity index (χ1v) is 11.9. The highest BCUT2D eigenvalue weighted by Gasteiger charge is 2.28. The van der Waals surface area contributed by atoms with E-state index < -0.39 is 0 Å². The zero-order valence-corrected chi connectivity index (χ0v) is 19.3. The van der Waals surface area contributed by atoms with Crippen LogP contribution in [0.3, 0.4) is 0 Å². The van der Waals surface area contributed by atoms with Gasteiger partial charge in [-0.2, -0.15) is 0 Å². The van der Waals surface area contributed by atoms with E-state index in [9.17, 15) is 9.59 Å². The topological polar surface area (TPSA) is 61.7 Å². The molecule has 0 aliphatic carbocycles. The molecule has 0 bridgehead atoms. The lowest BCUT2D eigenvalue weighted by Crippen LogP contribution is -2.49. The molecule has 2 aliphatic rings. The molecular weight excluding hydrogens is 402 g/mol. The quantitative estimate of drug-likeness (QED) is 0.697. The maximum absolute atomic E-state index is 12.9. The van der Waals surface area contributed by atoms with Gasteiger partial charge in [0.25, 0.3) is 0 Å². The van der Waals surface area contributed by atoms with Crippen LogP contribution in [0.25, 0.3) is 0 Å². The summed E-state index contributed by atoms with van der Waals surface area (Å²) in [6.07, 6.45) is 6.65. The summed E-state index contributed by atoms with van der Waals surface area (Å²) >= 11 is 0. The van der Waals surface area contributed by atoms with E-state index in [-0.39, 0.29) is 17.9 Å². The molecule has 0 spiro atoms. The average molecular weight is 438 g/mol. The number of aryl methyl sites for hydroxylation is 1. The first-order valence-electron chi connectivity index (χ1n) is 11.9. The van der Waals surface area contributed by atoms with Crippen molar-refractivity contribution in [3.05, 3.63) is 48.5 Å². The molecule has 2 aromatic rings. The normalized spacial score (nSPS) is 18.6. The SMILES string of the molecule is Cc1nccn1C(C)CC(=O)N1CCC(CC(=O)N2CCN(c3ccccc3)CC2)CC1. The van der Waals surface area contributed by atoms with E-state index in [1.165, 1.54) is 5.69 Å². The van der Waals surface area contributed by atoms with Crippen molar-refractivity contribution in [1.82, 2.24) is 19.4 Å². The van der Waals surface area contributed by atoms with Crippen molar-refractivity contribution in [2.45, 2.75) is 45.6 Å². The molecule has 1 unspecified atom stereocenters. The van der Waals surface area contributed by atoms with Crippen LogP contribution in [0, 0.1) is 12.8 Å². The fraction of sp³-hybridized carbons (Fsp3) is 0.560. The Kier molecular flexibility index (Phi) is 7.12. The molecular formula is C25H35N5O2. The lowest BCUT2D eigenvalue weighted by molar-refractivity contribution is -0.134. The van der Waals surface area contributed by atoms with Crippen LogP contribution in [0.4, 0.5) is 5.69 Å². The highest BCUT2D eigenvalue weighted by Crippen LogP contribution is 2.24. The Balaban J connectivity index is 1.18. The van der Waals surface area contributed by atoms with Crippen molar-refractivity contribution in [1.29, 1.82) is 0 Å². The third kappa shape index (κ3) is 5.31. The second-order valence-electron chi connectivity index (χ2n) is 9.17. The van der Waals surface area contributed by atoms with E-state index in [4.69, 9.17) is 0 Å². The van der Waals surface area contributed by atoms with Crippen molar-refractivity contribution in [3.8, 4) is 0 Å². The van der Waals surface area contributed by atoms with Crippen molar-refractivity contribution in [2.75, 3.05) is 44.2 Å². The van der Waals surface area contributed by atoms with Gasteiger partial charge in [-0.15, -0.1) is 0 Å². The number of rotatable bonds is 6. The Bertz CT molecular complexity index is 896. The number of hydrogen-bond acceptors (Lipinski definition) is 4. The molecule has 0 saturated carbocycles. The molecule has 2 saturated heterocycles. The van der Waals surface area contributed by atoms with Crippen molar-refractivity contribution < 1.29 is 9.59 Å². The Morgan fingerprint density at radius 2 is 1.62 bits per heavy atom. The van der Waals surface area contributed by atoms with E-state index in [0.717, 1.165) is 57.9 Å². The van der Waals surface area contributed by atoms with E-state index >= 15 is 0 Å². The van der Waals surface area contributed by atoms with Gasteiger partial charge >= 0.3 is 0 Å². The zero-order valence-electron chi connectivity index (χ0n) is 19.3. The Hall–Kier alpha value is -2.83. The summed E-state index contributed by atoms with van der Waals surface area (Å²) < 4.78 is 2.06. The molecule has 1 atom stereocenters. The van der Waals surface area contributed by atoms with Gasteiger partial charge in [-0.1, -0.05) is 18.2 Å². The molecule has 3 heterocycles. The first-order chi connectivity index (χ1) is 15.5. The van der Waals surface area contributed by atoms with Crippen LogP contribution in [0.5, 0.6) is 0 Å². The summed E-state index contributed by atoms with van der Waals surface area (Å²) in [6, 6.07) is 10.5. The number of benzene rings is 1. The first kappa shape index (κ1) is 22.4. The zero-order chi connectivity index (χ0) is 22.5. The number of para-hydroxylation sites is 1. The number of imidazole rings is 1. The molecule has 2 aliphatic heterocycles. The summed E-state index contributed by atoms with van der Waals surface area (Å²) in [4.78, 5) is 36.2. The predicted octanol–water partition coefficient (Wildman–Crippen LogP) is 3.12. The Morgan fingerprint density at radius 3 is 2.25 bits per heavy atom. The molecule has 2 amide bonds. The van der Waals surface area contributed by atoms with Crippen LogP contribution < -0.4 is 4.90 Å². The highest BCUT2D eigenvalue weighted by molar-refractivity contribution is 5.78. The number of anilines is 1. The third-order valence-electron chi connectivity index (χ3n) is 6.99. The Morgan fingerprint density at radius 1 is 0.969 bits per heavy atom. The van der Waals surface area contributed by atoms with Crippen LogP contribution in [-0.4, -0.2) is 70.4 Å². The lowest BCUT2D eigenvalue weighted by atomic mass is 9.92.